The first-order valence-corrected chi connectivity index (χ1v) is 6.99. The molecule has 1 N–H and O–H groups in total. The molecular weight excluding hydrogens is 263 g/mol. The van der Waals surface area contributed by atoms with Crippen molar-refractivity contribution in [1.82, 2.24) is 4.98 Å². The van der Waals surface area contributed by atoms with Crippen molar-refractivity contribution in [1.29, 1.82) is 0 Å². The second kappa shape index (κ2) is 5.74. The maximum atomic E-state index is 14.2. The van der Waals surface area contributed by atoms with Crippen LogP contribution in [0.3, 0.4) is 0 Å². The number of pyridine rings is 1. The summed E-state index contributed by atoms with van der Waals surface area (Å²) in [6.45, 7) is 6.88. The number of aromatic nitrogens is 1. The van der Waals surface area contributed by atoms with E-state index in [0.29, 0.717) is 15.9 Å². The van der Waals surface area contributed by atoms with Gasteiger partial charge in [0.05, 0.1) is 21.6 Å². The summed E-state index contributed by atoms with van der Waals surface area (Å²) in [4.78, 5) is 4.46. The molecule has 1 heterocycles. The van der Waals surface area contributed by atoms with E-state index < -0.39 is 0 Å². The minimum atomic E-state index is -0.278. The third-order valence-electron chi connectivity index (χ3n) is 3.25. The molecule has 102 valence electrons. The lowest BCUT2D eigenvalue weighted by atomic mass is 10.0. The van der Waals surface area contributed by atoms with Gasteiger partial charge in [-0.25, -0.2) is 4.39 Å². The summed E-state index contributed by atoms with van der Waals surface area (Å²) in [6.07, 6.45) is 1.79. The third-order valence-corrected chi connectivity index (χ3v) is 3.56. The molecule has 2 nitrogen and oxygen atoms in total. The zero-order valence-corrected chi connectivity index (χ0v) is 12.2. The molecule has 0 radical (unpaired) electrons. The van der Waals surface area contributed by atoms with Crippen LogP contribution in [0, 0.1) is 12.7 Å². The summed E-state index contributed by atoms with van der Waals surface area (Å²) in [7, 11) is 0. The van der Waals surface area contributed by atoms with Crippen LogP contribution in [0.1, 0.15) is 31.5 Å². The fourth-order valence-corrected chi connectivity index (χ4v) is 2.53. The van der Waals surface area contributed by atoms with Gasteiger partial charge in [0, 0.05) is 12.2 Å². The smallest absolute Gasteiger partial charge is 0.134 e. The molecule has 0 aliphatic heterocycles. The maximum Gasteiger partial charge on any atom is 0.134 e. The number of aryl methyl sites for hydroxylation is 1. The molecule has 1 aromatic heterocycles. The van der Waals surface area contributed by atoms with E-state index in [4.69, 9.17) is 11.6 Å². The summed E-state index contributed by atoms with van der Waals surface area (Å²) < 4.78 is 14.2. The van der Waals surface area contributed by atoms with Crippen LogP contribution in [-0.2, 0) is 6.42 Å². The Hall–Kier alpha value is -1.35. The standard InChI is InChI=1S/C15H18ClFN2/c1-4-8-18-14-10(5-2)9(3)19-15-11(16)6-7-12(17)13(14)15/h6-7H,4-5,8H2,1-3H3,(H,18,19). The number of hydrogen-bond donors (Lipinski definition) is 1. The van der Waals surface area contributed by atoms with E-state index in [0.717, 1.165) is 36.3 Å². The number of benzene rings is 1. The molecule has 0 atom stereocenters. The van der Waals surface area contributed by atoms with Crippen LogP contribution in [0.4, 0.5) is 10.1 Å². The second-order valence-corrected chi connectivity index (χ2v) is 4.99. The summed E-state index contributed by atoms with van der Waals surface area (Å²) in [5, 5.41) is 4.32. The Morgan fingerprint density at radius 1 is 1.32 bits per heavy atom. The number of hydrogen-bond acceptors (Lipinski definition) is 2. The van der Waals surface area contributed by atoms with Gasteiger partial charge in [0.15, 0.2) is 0 Å². The Labute approximate surface area is 118 Å². The van der Waals surface area contributed by atoms with E-state index in [1.807, 2.05) is 6.92 Å². The molecular formula is C15H18ClFN2. The van der Waals surface area contributed by atoms with Gasteiger partial charge in [-0.2, -0.15) is 0 Å². The van der Waals surface area contributed by atoms with Crippen molar-refractivity contribution in [2.75, 3.05) is 11.9 Å². The molecule has 0 spiro atoms. The van der Waals surface area contributed by atoms with Crippen molar-refractivity contribution < 1.29 is 4.39 Å². The second-order valence-electron chi connectivity index (χ2n) is 4.58. The monoisotopic (exact) mass is 280 g/mol. The number of nitrogens with one attached hydrogen (secondary N) is 1. The molecule has 1 aromatic carbocycles. The Bertz CT molecular complexity index is 611. The molecule has 0 unspecified atom stereocenters. The third kappa shape index (κ3) is 2.52. The fourth-order valence-electron chi connectivity index (χ4n) is 2.33. The zero-order valence-electron chi connectivity index (χ0n) is 11.5. The SMILES string of the molecule is CCCNc1c(CC)c(C)nc2c(Cl)ccc(F)c12. The summed E-state index contributed by atoms with van der Waals surface area (Å²) in [5.74, 6) is -0.278. The molecule has 4 heteroatoms. The van der Waals surface area contributed by atoms with Crippen LogP contribution in [0.25, 0.3) is 10.9 Å². The van der Waals surface area contributed by atoms with Gasteiger partial charge in [-0.1, -0.05) is 25.4 Å². The highest BCUT2D eigenvalue weighted by Crippen LogP contribution is 2.34. The van der Waals surface area contributed by atoms with Gasteiger partial charge in [-0.15, -0.1) is 0 Å². The van der Waals surface area contributed by atoms with E-state index in [2.05, 4.69) is 24.1 Å². The highest BCUT2D eigenvalue weighted by molar-refractivity contribution is 6.35. The molecule has 2 rings (SSSR count). The van der Waals surface area contributed by atoms with Crippen molar-refractivity contribution in [2.45, 2.75) is 33.6 Å². The molecule has 0 saturated heterocycles. The van der Waals surface area contributed by atoms with Crippen LogP contribution in [0.5, 0.6) is 0 Å². The molecule has 0 amide bonds. The number of nitrogens with zero attached hydrogens (tertiary/aromatic N) is 1. The van der Waals surface area contributed by atoms with Crippen LogP contribution < -0.4 is 5.32 Å². The van der Waals surface area contributed by atoms with Crippen LogP contribution >= 0.6 is 11.6 Å². The molecule has 0 saturated carbocycles. The Morgan fingerprint density at radius 3 is 2.68 bits per heavy atom. The van der Waals surface area contributed by atoms with Crippen LogP contribution in [0.15, 0.2) is 12.1 Å². The van der Waals surface area contributed by atoms with Crippen molar-refractivity contribution in [3.63, 3.8) is 0 Å². The Kier molecular flexibility index (Phi) is 4.25. The Morgan fingerprint density at radius 2 is 2.05 bits per heavy atom. The average molecular weight is 281 g/mol. The first kappa shape index (κ1) is 14.1. The van der Waals surface area contributed by atoms with Crippen molar-refractivity contribution >= 4 is 28.2 Å². The van der Waals surface area contributed by atoms with E-state index >= 15 is 0 Å². The molecule has 2 aromatic rings. The van der Waals surface area contributed by atoms with Crippen molar-refractivity contribution in [3.8, 4) is 0 Å². The van der Waals surface area contributed by atoms with Crippen molar-refractivity contribution in [2.24, 2.45) is 0 Å². The maximum absolute atomic E-state index is 14.2. The number of halogens is 2. The molecule has 0 aliphatic carbocycles. The van der Waals surface area contributed by atoms with Gasteiger partial charge in [-0.3, -0.25) is 4.98 Å². The minimum absolute atomic E-state index is 0.278. The zero-order chi connectivity index (χ0) is 14.0. The number of fused-ring (bicyclic) bond motifs is 1. The van der Waals surface area contributed by atoms with Gasteiger partial charge in [0.25, 0.3) is 0 Å². The lowest BCUT2D eigenvalue weighted by Crippen LogP contribution is -2.07. The molecule has 0 fully saturated rings. The fraction of sp³-hybridized carbons (Fsp3) is 0.400. The Balaban J connectivity index is 2.80. The average Bonchev–Trinajstić information content (AvgIpc) is 2.40. The van der Waals surface area contributed by atoms with Gasteiger partial charge in [-0.05, 0) is 37.5 Å². The quantitative estimate of drug-likeness (QED) is 0.876. The van der Waals surface area contributed by atoms with Gasteiger partial charge in [0.2, 0.25) is 0 Å². The molecule has 0 bridgehead atoms. The van der Waals surface area contributed by atoms with Crippen molar-refractivity contribution in [3.05, 3.63) is 34.2 Å². The highest BCUT2D eigenvalue weighted by Gasteiger charge is 2.16. The lowest BCUT2D eigenvalue weighted by Gasteiger charge is -2.16. The van der Waals surface area contributed by atoms with Crippen LogP contribution in [-0.4, -0.2) is 11.5 Å². The first-order valence-electron chi connectivity index (χ1n) is 6.61. The van der Waals surface area contributed by atoms with Gasteiger partial charge in [0.1, 0.15) is 5.82 Å². The first-order chi connectivity index (χ1) is 9.10. The van der Waals surface area contributed by atoms with E-state index in [-0.39, 0.29) is 5.82 Å². The summed E-state index contributed by atoms with van der Waals surface area (Å²) >= 11 is 6.15. The summed E-state index contributed by atoms with van der Waals surface area (Å²) in [5.41, 5.74) is 3.34. The molecule has 0 aliphatic rings. The lowest BCUT2D eigenvalue weighted by molar-refractivity contribution is 0.639. The van der Waals surface area contributed by atoms with E-state index in [1.165, 1.54) is 6.07 Å². The number of rotatable bonds is 4. The van der Waals surface area contributed by atoms with Gasteiger partial charge < -0.3 is 5.32 Å². The van der Waals surface area contributed by atoms with E-state index in [9.17, 15) is 4.39 Å². The van der Waals surface area contributed by atoms with Gasteiger partial charge >= 0.3 is 0 Å². The van der Waals surface area contributed by atoms with Crippen LogP contribution in [0.2, 0.25) is 5.02 Å². The normalized spacial score (nSPS) is 11.0. The highest BCUT2D eigenvalue weighted by atomic mass is 35.5. The predicted molar refractivity (Wildman–Crippen MR) is 79.6 cm³/mol. The topological polar surface area (TPSA) is 24.9 Å². The molecule has 19 heavy (non-hydrogen) atoms. The largest absolute Gasteiger partial charge is 0.384 e. The van der Waals surface area contributed by atoms with E-state index in [1.54, 1.807) is 6.07 Å². The summed E-state index contributed by atoms with van der Waals surface area (Å²) in [6, 6.07) is 2.96. The predicted octanol–water partition coefficient (Wildman–Crippen LogP) is 4.72. The number of anilines is 1. The minimum Gasteiger partial charge on any atom is -0.384 e.